The molecule has 1 fully saturated rings. The third kappa shape index (κ3) is 4.24. The topological polar surface area (TPSA) is 66.4 Å². The molecule has 1 amide bonds. The monoisotopic (exact) mass is 307 g/mol. The van der Waals surface area contributed by atoms with Gasteiger partial charge in [-0.1, -0.05) is 30.3 Å². The molecule has 0 saturated carbocycles. The van der Waals surface area contributed by atoms with Crippen LogP contribution in [-0.4, -0.2) is 33.5 Å². The zero-order valence-corrected chi connectivity index (χ0v) is 13.0. The highest BCUT2D eigenvalue weighted by Crippen LogP contribution is 2.37. The number of carbonyl (C=O) groups excluding carboxylic acids is 1. The molecule has 2 N–H and O–H groups in total. The minimum absolute atomic E-state index is 0.148. The van der Waals surface area contributed by atoms with Gasteiger partial charge in [0.15, 0.2) is 0 Å². The van der Waals surface area contributed by atoms with E-state index in [0.717, 1.165) is 24.2 Å². The molecule has 0 bridgehead atoms. The number of nitrogens with one attached hydrogen (secondary N) is 1. The number of aliphatic carboxylic acids is 1. The Morgan fingerprint density at radius 2 is 2.10 bits per heavy atom. The summed E-state index contributed by atoms with van der Waals surface area (Å²) in [5.74, 6) is -0.151. The van der Waals surface area contributed by atoms with E-state index in [1.807, 2.05) is 37.3 Å². The smallest absolute Gasteiger partial charge is 0.326 e. The quantitative estimate of drug-likeness (QED) is 0.847. The van der Waals surface area contributed by atoms with Gasteiger partial charge in [-0.05, 0) is 43.9 Å². The Kier molecular flexibility index (Phi) is 5.28. The summed E-state index contributed by atoms with van der Waals surface area (Å²) >= 11 is 1.62. The van der Waals surface area contributed by atoms with Crippen molar-refractivity contribution in [2.24, 2.45) is 0 Å². The number of hydrogen-bond donors (Lipinski definition) is 2. The van der Waals surface area contributed by atoms with Crippen molar-refractivity contribution in [3.8, 4) is 0 Å². The molecule has 2 rings (SSSR count). The van der Waals surface area contributed by atoms with Crippen LogP contribution in [0.4, 0.5) is 0 Å². The number of carboxylic acids is 1. The number of amides is 1. The lowest BCUT2D eigenvalue weighted by Crippen LogP contribution is -2.48. The third-order valence-electron chi connectivity index (χ3n) is 3.87. The summed E-state index contributed by atoms with van der Waals surface area (Å²) in [6.07, 6.45) is 2.87. The molecular weight excluding hydrogens is 286 g/mol. The lowest BCUT2D eigenvalue weighted by Gasteiger charge is -2.24. The standard InChI is InChI=1S/C16H21NO3S/c1-16(10-5-11-21-16)15(20)17-13(14(18)19)9-8-12-6-3-2-4-7-12/h2-4,6-7,13H,5,8-11H2,1H3,(H,17,20)(H,18,19)/t13-,16?/m0/s1. The molecule has 1 aromatic carbocycles. The largest absolute Gasteiger partial charge is 0.480 e. The number of rotatable bonds is 6. The highest BCUT2D eigenvalue weighted by atomic mass is 32.2. The molecule has 1 aliphatic rings. The summed E-state index contributed by atoms with van der Waals surface area (Å²) < 4.78 is -0.472. The third-order valence-corrected chi connectivity index (χ3v) is 5.39. The van der Waals surface area contributed by atoms with Gasteiger partial charge in [0, 0.05) is 0 Å². The van der Waals surface area contributed by atoms with E-state index in [0.29, 0.717) is 12.8 Å². The van der Waals surface area contributed by atoms with Crippen LogP contribution in [0.5, 0.6) is 0 Å². The fraction of sp³-hybridized carbons (Fsp3) is 0.500. The van der Waals surface area contributed by atoms with Crippen LogP contribution in [0, 0.1) is 0 Å². The predicted molar refractivity (Wildman–Crippen MR) is 84.4 cm³/mol. The Morgan fingerprint density at radius 1 is 1.38 bits per heavy atom. The molecule has 0 aromatic heterocycles. The van der Waals surface area contributed by atoms with Crippen LogP contribution in [-0.2, 0) is 16.0 Å². The maximum absolute atomic E-state index is 12.3. The number of hydrogen-bond acceptors (Lipinski definition) is 3. The second kappa shape index (κ2) is 6.98. The van der Waals surface area contributed by atoms with Crippen LogP contribution >= 0.6 is 11.8 Å². The van der Waals surface area contributed by atoms with Crippen molar-refractivity contribution in [1.29, 1.82) is 0 Å². The van der Waals surface area contributed by atoms with E-state index in [1.165, 1.54) is 0 Å². The lowest BCUT2D eigenvalue weighted by molar-refractivity contribution is -0.142. The average Bonchev–Trinajstić information content (AvgIpc) is 2.92. The first-order valence-electron chi connectivity index (χ1n) is 7.23. The van der Waals surface area contributed by atoms with E-state index < -0.39 is 16.8 Å². The highest BCUT2D eigenvalue weighted by Gasteiger charge is 2.38. The molecule has 4 nitrogen and oxygen atoms in total. The van der Waals surface area contributed by atoms with Crippen molar-refractivity contribution >= 4 is 23.6 Å². The fourth-order valence-corrected chi connectivity index (χ4v) is 3.70. The van der Waals surface area contributed by atoms with Crippen LogP contribution in [0.3, 0.4) is 0 Å². The van der Waals surface area contributed by atoms with Gasteiger partial charge in [-0.2, -0.15) is 0 Å². The minimum Gasteiger partial charge on any atom is -0.480 e. The lowest BCUT2D eigenvalue weighted by atomic mass is 10.0. The van der Waals surface area contributed by atoms with E-state index in [9.17, 15) is 14.7 Å². The number of carbonyl (C=O) groups is 2. The van der Waals surface area contributed by atoms with E-state index >= 15 is 0 Å². The maximum Gasteiger partial charge on any atom is 0.326 e. The van der Waals surface area contributed by atoms with E-state index in [1.54, 1.807) is 11.8 Å². The summed E-state index contributed by atoms with van der Waals surface area (Å²) in [5.41, 5.74) is 1.08. The molecular formula is C16H21NO3S. The minimum atomic E-state index is -0.967. The summed E-state index contributed by atoms with van der Waals surface area (Å²) in [6.45, 7) is 1.90. The van der Waals surface area contributed by atoms with Crippen LogP contribution in [0.2, 0.25) is 0 Å². The summed E-state index contributed by atoms with van der Waals surface area (Å²) in [4.78, 5) is 23.7. The SMILES string of the molecule is CC1(C(=O)N[C@@H](CCc2ccccc2)C(=O)O)CCCS1. The van der Waals surface area contributed by atoms with Crippen molar-refractivity contribution in [1.82, 2.24) is 5.32 Å². The normalized spacial score (nSPS) is 22.7. The predicted octanol–water partition coefficient (Wildman–Crippen LogP) is 2.47. The first-order chi connectivity index (χ1) is 10.0. The second-order valence-corrected chi connectivity index (χ2v) is 7.17. The van der Waals surface area contributed by atoms with E-state index in [2.05, 4.69) is 5.32 Å². The van der Waals surface area contributed by atoms with Crippen LogP contribution in [0.1, 0.15) is 31.7 Å². The zero-order chi connectivity index (χ0) is 15.3. The van der Waals surface area contributed by atoms with Gasteiger partial charge in [0.25, 0.3) is 0 Å². The van der Waals surface area contributed by atoms with Crippen molar-refractivity contribution in [3.05, 3.63) is 35.9 Å². The molecule has 1 aliphatic heterocycles. The molecule has 0 radical (unpaired) electrons. The van der Waals surface area contributed by atoms with Gasteiger partial charge in [0.05, 0.1) is 4.75 Å². The molecule has 1 heterocycles. The highest BCUT2D eigenvalue weighted by molar-refractivity contribution is 8.01. The van der Waals surface area contributed by atoms with Gasteiger partial charge in [-0.15, -0.1) is 11.8 Å². The first kappa shape index (κ1) is 15.9. The molecule has 114 valence electrons. The van der Waals surface area contributed by atoms with Gasteiger partial charge in [0.2, 0.25) is 5.91 Å². The van der Waals surface area contributed by atoms with Gasteiger partial charge >= 0.3 is 5.97 Å². The van der Waals surface area contributed by atoms with Crippen molar-refractivity contribution in [2.45, 2.75) is 43.4 Å². The Bertz CT molecular complexity index is 498. The van der Waals surface area contributed by atoms with Crippen LogP contribution in [0.15, 0.2) is 30.3 Å². The molecule has 1 aromatic rings. The maximum atomic E-state index is 12.3. The van der Waals surface area contributed by atoms with Gasteiger partial charge in [-0.25, -0.2) is 4.79 Å². The molecule has 1 unspecified atom stereocenters. The second-order valence-electron chi connectivity index (χ2n) is 5.57. The molecule has 1 saturated heterocycles. The molecule has 5 heteroatoms. The average molecular weight is 307 g/mol. The number of carboxylic acid groups (broad SMARTS) is 1. The zero-order valence-electron chi connectivity index (χ0n) is 12.2. The molecule has 0 aliphatic carbocycles. The Morgan fingerprint density at radius 3 is 2.67 bits per heavy atom. The fourth-order valence-electron chi connectivity index (χ4n) is 2.48. The first-order valence-corrected chi connectivity index (χ1v) is 8.21. The number of thioether (sulfide) groups is 1. The molecule has 21 heavy (non-hydrogen) atoms. The van der Waals surface area contributed by atoms with Crippen LogP contribution < -0.4 is 5.32 Å². The Hall–Kier alpha value is -1.49. The van der Waals surface area contributed by atoms with Gasteiger partial charge in [-0.3, -0.25) is 4.79 Å². The van der Waals surface area contributed by atoms with Gasteiger partial charge < -0.3 is 10.4 Å². The van der Waals surface area contributed by atoms with E-state index in [-0.39, 0.29) is 5.91 Å². The van der Waals surface area contributed by atoms with Crippen molar-refractivity contribution in [3.63, 3.8) is 0 Å². The summed E-state index contributed by atoms with van der Waals surface area (Å²) in [6, 6.07) is 8.90. The summed E-state index contributed by atoms with van der Waals surface area (Å²) in [5, 5.41) is 12.0. The van der Waals surface area contributed by atoms with Crippen molar-refractivity contribution < 1.29 is 14.7 Å². The van der Waals surface area contributed by atoms with Crippen LogP contribution in [0.25, 0.3) is 0 Å². The number of aryl methyl sites for hydroxylation is 1. The Balaban J connectivity index is 1.93. The van der Waals surface area contributed by atoms with E-state index in [4.69, 9.17) is 0 Å². The summed E-state index contributed by atoms with van der Waals surface area (Å²) in [7, 11) is 0. The Labute approximate surface area is 129 Å². The molecule has 0 spiro atoms. The molecule has 2 atom stereocenters. The number of benzene rings is 1. The van der Waals surface area contributed by atoms with Gasteiger partial charge in [0.1, 0.15) is 6.04 Å². The van der Waals surface area contributed by atoms with Crippen molar-refractivity contribution in [2.75, 3.05) is 5.75 Å².